The van der Waals surface area contributed by atoms with Crippen molar-refractivity contribution in [3.63, 3.8) is 0 Å². The van der Waals surface area contributed by atoms with Gasteiger partial charge in [0.25, 0.3) is 0 Å². The van der Waals surface area contributed by atoms with Gasteiger partial charge in [0, 0.05) is 27.9 Å². The van der Waals surface area contributed by atoms with E-state index < -0.39 is 0 Å². The lowest BCUT2D eigenvalue weighted by atomic mass is 10.1. The topological polar surface area (TPSA) is 18.1 Å². The molecule has 0 saturated carbocycles. The average Bonchev–Trinajstić information content (AvgIpc) is 3.34. The molecule has 0 unspecified atom stereocenters. The highest BCUT2D eigenvalue weighted by atomic mass is 16.3. The Kier molecular flexibility index (Phi) is 3.20. The molecular weight excluding hydrogens is 342 g/mol. The average molecular weight is 359 g/mol. The number of hydrogen-bond acceptors (Lipinski definition) is 1. The predicted molar refractivity (Wildman–Crippen MR) is 116 cm³/mol. The van der Waals surface area contributed by atoms with E-state index in [0.717, 1.165) is 22.2 Å². The number of rotatable bonds is 2. The van der Waals surface area contributed by atoms with Crippen LogP contribution in [0.15, 0.2) is 108 Å². The minimum atomic E-state index is 0.913. The summed E-state index contributed by atoms with van der Waals surface area (Å²) in [6.45, 7) is 0. The van der Waals surface area contributed by atoms with Crippen LogP contribution in [0.4, 0.5) is 0 Å². The second kappa shape index (κ2) is 5.86. The maximum absolute atomic E-state index is 5.69. The molecule has 132 valence electrons. The lowest BCUT2D eigenvalue weighted by Gasteiger charge is -2.10. The number of hydrogen-bond donors (Lipinski definition) is 0. The molecule has 4 aromatic carbocycles. The SMILES string of the molecule is c1ccc(-c2cccc(-n3c4ccccc4c4cc5ccoc5cc43)c2)cc1. The molecular formula is C26H17NO. The van der Waals surface area contributed by atoms with Gasteiger partial charge >= 0.3 is 0 Å². The first kappa shape index (κ1) is 15.3. The maximum Gasteiger partial charge on any atom is 0.135 e. The molecule has 0 radical (unpaired) electrons. The third-order valence-corrected chi connectivity index (χ3v) is 5.46. The van der Waals surface area contributed by atoms with Crippen LogP contribution in [-0.4, -0.2) is 4.57 Å². The Bertz CT molecular complexity index is 1450. The fourth-order valence-corrected chi connectivity index (χ4v) is 4.16. The smallest absolute Gasteiger partial charge is 0.135 e. The highest BCUT2D eigenvalue weighted by Crippen LogP contribution is 2.35. The van der Waals surface area contributed by atoms with Crippen LogP contribution in [0, 0.1) is 0 Å². The zero-order valence-corrected chi connectivity index (χ0v) is 15.2. The van der Waals surface area contributed by atoms with Gasteiger partial charge in [-0.1, -0.05) is 60.7 Å². The van der Waals surface area contributed by atoms with Gasteiger partial charge in [0.15, 0.2) is 0 Å². The van der Waals surface area contributed by atoms with E-state index in [4.69, 9.17) is 4.42 Å². The van der Waals surface area contributed by atoms with Crippen molar-refractivity contribution in [1.82, 2.24) is 4.57 Å². The summed E-state index contributed by atoms with van der Waals surface area (Å²) in [7, 11) is 0. The molecule has 6 aromatic rings. The first-order valence-electron chi connectivity index (χ1n) is 9.45. The van der Waals surface area contributed by atoms with Crippen molar-refractivity contribution in [2.75, 3.05) is 0 Å². The minimum absolute atomic E-state index is 0.913. The van der Waals surface area contributed by atoms with Gasteiger partial charge in [-0.25, -0.2) is 0 Å². The highest BCUT2D eigenvalue weighted by molar-refractivity contribution is 6.13. The van der Waals surface area contributed by atoms with E-state index in [-0.39, 0.29) is 0 Å². The molecule has 0 saturated heterocycles. The summed E-state index contributed by atoms with van der Waals surface area (Å²) in [6.07, 6.45) is 1.76. The second-order valence-electron chi connectivity index (χ2n) is 7.10. The quantitative estimate of drug-likeness (QED) is 0.320. The molecule has 0 fully saturated rings. The van der Waals surface area contributed by atoms with Gasteiger partial charge in [-0.2, -0.15) is 0 Å². The van der Waals surface area contributed by atoms with Crippen LogP contribution < -0.4 is 0 Å². The summed E-state index contributed by atoms with van der Waals surface area (Å²) in [6, 6.07) is 34.2. The van der Waals surface area contributed by atoms with Crippen LogP contribution in [0.3, 0.4) is 0 Å². The van der Waals surface area contributed by atoms with E-state index in [2.05, 4.69) is 95.6 Å². The van der Waals surface area contributed by atoms with Crippen molar-refractivity contribution >= 4 is 32.8 Å². The summed E-state index contributed by atoms with van der Waals surface area (Å²) in [5.41, 5.74) is 6.86. The summed E-state index contributed by atoms with van der Waals surface area (Å²) >= 11 is 0. The van der Waals surface area contributed by atoms with Crippen LogP contribution in [0.2, 0.25) is 0 Å². The Morgan fingerprint density at radius 2 is 1.39 bits per heavy atom. The number of aromatic nitrogens is 1. The van der Waals surface area contributed by atoms with Gasteiger partial charge in [-0.05, 0) is 41.5 Å². The number of fused-ring (bicyclic) bond motifs is 4. The van der Waals surface area contributed by atoms with Gasteiger partial charge in [0.05, 0.1) is 17.3 Å². The third-order valence-electron chi connectivity index (χ3n) is 5.46. The fraction of sp³-hybridized carbons (Fsp3) is 0. The van der Waals surface area contributed by atoms with E-state index in [1.54, 1.807) is 6.26 Å². The van der Waals surface area contributed by atoms with Crippen molar-refractivity contribution in [3.8, 4) is 16.8 Å². The molecule has 0 aliphatic heterocycles. The van der Waals surface area contributed by atoms with Crippen molar-refractivity contribution in [3.05, 3.63) is 103 Å². The van der Waals surface area contributed by atoms with Gasteiger partial charge in [-0.3, -0.25) is 0 Å². The molecule has 0 amide bonds. The monoisotopic (exact) mass is 359 g/mol. The largest absolute Gasteiger partial charge is 0.464 e. The molecule has 0 aliphatic carbocycles. The van der Waals surface area contributed by atoms with E-state index in [1.807, 2.05) is 6.07 Å². The molecule has 0 N–H and O–H groups in total. The molecule has 2 aromatic heterocycles. The van der Waals surface area contributed by atoms with Crippen molar-refractivity contribution in [1.29, 1.82) is 0 Å². The molecule has 2 heteroatoms. The maximum atomic E-state index is 5.69. The molecule has 2 nitrogen and oxygen atoms in total. The third kappa shape index (κ3) is 2.21. The molecule has 0 bridgehead atoms. The Labute approximate surface area is 162 Å². The lowest BCUT2D eigenvalue weighted by molar-refractivity contribution is 0.616. The van der Waals surface area contributed by atoms with Crippen LogP contribution >= 0.6 is 0 Å². The van der Waals surface area contributed by atoms with Gasteiger partial charge in [0.2, 0.25) is 0 Å². The van der Waals surface area contributed by atoms with Crippen molar-refractivity contribution in [2.45, 2.75) is 0 Å². The summed E-state index contributed by atoms with van der Waals surface area (Å²) < 4.78 is 8.02. The van der Waals surface area contributed by atoms with Gasteiger partial charge < -0.3 is 8.98 Å². The van der Waals surface area contributed by atoms with Gasteiger partial charge in [0.1, 0.15) is 5.58 Å². The lowest BCUT2D eigenvalue weighted by Crippen LogP contribution is -1.94. The van der Waals surface area contributed by atoms with Crippen LogP contribution in [0.25, 0.3) is 49.6 Å². The van der Waals surface area contributed by atoms with Crippen molar-refractivity contribution < 1.29 is 4.42 Å². The van der Waals surface area contributed by atoms with Gasteiger partial charge in [-0.15, -0.1) is 0 Å². The minimum Gasteiger partial charge on any atom is -0.464 e. The molecule has 0 spiro atoms. The first-order valence-corrected chi connectivity index (χ1v) is 9.45. The zero-order valence-electron chi connectivity index (χ0n) is 15.2. The normalized spacial score (nSPS) is 11.6. The molecule has 0 aliphatic rings. The van der Waals surface area contributed by atoms with E-state index in [9.17, 15) is 0 Å². The van der Waals surface area contributed by atoms with Crippen LogP contribution in [0.1, 0.15) is 0 Å². The summed E-state index contributed by atoms with van der Waals surface area (Å²) in [4.78, 5) is 0. The highest BCUT2D eigenvalue weighted by Gasteiger charge is 2.14. The fourth-order valence-electron chi connectivity index (χ4n) is 4.16. The Hall–Kier alpha value is -3.78. The summed E-state index contributed by atoms with van der Waals surface area (Å²) in [5.74, 6) is 0. The Balaban J connectivity index is 1.69. The number of para-hydroxylation sites is 1. The second-order valence-corrected chi connectivity index (χ2v) is 7.10. The van der Waals surface area contributed by atoms with E-state index in [0.29, 0.717) is 0 Å². The molecule has 0 atom stereocenters. The standard InChI is InChI=1S/C26H17NO/c1-2-7-18(8-3-1)19-9-6-10-21(15-19)27-24-12-5-4-11-22(24)23-16-20-13-14-28-26(20)17-25(23)27/h1-17H. The number of furan rings is 1. The van der Waals surface area contributed by atoms with E-state index >= 15 is 0 Å². The van der Waals surface area contributed by atoms with E-state index in [1.165, 1.54) is 27.4 Å². The first-order chi connectivity index (χ1) is 13.9. The summed E-state index contributed by atoms with van der Waals surface area (Å²) in [5, 5.41) is 3.63. The molecule has 6 rings (SSSR count). The predicted octanol–water partition coefficient (Wildman–Crippen LogP) is 7.20. The van der Waals surface area contributed by atoms with Crippen molar-refractivity contribution in [2.24, 2.45) is 0 Å². The van der Waals surface area contributed by atoms with Crippen LogP contribution in [0.5, 0.6) is 0 Å². The Morgan fingerprint density at radius 1 is 0.571 bits per heavy atom. The van der Waals surface area contributed by atoms with Crippen LogP contribution in [-0.2, 0) is 0 Å². The molecule has 28 heavy (non-hydrogen) atoms. The molecule has 2 heterocycles. The number of benzene rings is 4. The zero-order chi connectivity index (χ0) is 18.5. The Morgan fingerprint density at radius 3 is 2.32 bits per heavy atom. The number of nitrogens with zero attached hydrogens (tertiary/aromatic N) is 1.